The summed E-state index contributed by atoms with van der Waals surface area (Å²) in [6, 6.07) is 6.85. The van der Waals surface area contributed by atoms with E-state index in [1.807, 2.05) is 39.2 Å². The molecular weight excluding hydrogens is 1240 g/mol. The fourth-order valence-electron chi connectivity index (χ4n) is 14.2. The highest BCUT2D eigenvalue weighted by Crippen LogP contribution is 2.36. The molecule has 0 aromatic rings. The van der Waals surface area contributed by atoms with E-state index in [1.54, 1.807) is 0 Å². The number of carbonyl (C=O) groups excluding carboxylic acids is 2. The van der Waals surface area contributed by atoms with Crippen LogP contribution in [0.5, 0.6) is 0 Å². The minimum atomic E-state index is -1.87. The maximum atomic E-state index is 11.7. The van der Waals surface area contributed by atoms with Gasteiger partial charge in [0.05, 0.1) is 20.0 Å². The molecule has 8 heterocycles. The van der Waals surface area contributed by atoms with Crippen LogP contribution in [-0.2, 0) is 14.2 Å². The van der Waals surface area contributed by atoms with Gasteiger partial charge in [0.15, 0.2) is 0 Å². The summed E-state index contributed by atoms with van der Waals surface area (Å²) in [4.78, 5) is 54.7. The van der Waals surface area contributed by atoms with Crippen LogP contribution in [0.15, 0.2) is 0 Å². The monoisotopic (exact) mass is 1410 g/mol. The minimum absolute atomic E-state index is 0.188. The zero-order valence-electron chi connectivity index (χ0n) is 69.8. The molecule has 0 saturated carbocycles. The summed E-state index contributed by atoms with van der Waals surface area (Å²) in [5.41, 5.74) is 0. The highest BCUT2D eigenvalue weighted by atomic mass is 31.2. The van der Waals surface area contributed by atoms with Crippen molar-refractivity contribution in [1.29, 1.82) is 0 Å². The van der Waals surface area contributed by atoms with Crippen molar-refractivity contribution in [2.24, 2.45) is 5.92 Å². The third-order valence-corrected chi connectivity index (χ3v) is 22.5. The van der Waals surface area contributed by atoms with Gasteiger partial charge in [-0.1, -0.05) is 33.1 Å². The van der Waals surface area contributed by atoms with Gasteiger partial charge in [-0.25, -0.2) is 0 Å². The average molecular weight is 1410 g/mol. The number of rotatable bonds is 20. The SMILES string of the molecule is CC(C)N1CCC(CC(=O)CN(C)C)CC1.CC(C)N1CCC(N(C)C)CC1.CC(C)N1CCCCCC1.CC(C)N1CCN(C)CC1.CC(C)N1CCN(CP(C)(C)=O)CC1.CC(C)N1CCNCC1.CCC(=O)NC1CCN(C(C)C)CC1.CCCCN1CCN(C(C)C)CC1. The highest BCUT2D eigenvalue weighted by molar-refractivity contribution is 7.62. The van der Waals surface area contributed by atoms with Gasteiger partial charge in [0.1, 0.15) is 5.78 Å². The lowest BCUT2D eigenvalue weighted by atomic mass is 9.91. The summed E-state index contributed by atoms with van der Waals surface area (Å²) < 4.78 is 11.6. The largest absolute Gasteiger partial charge is 0.353 e. The van der Waals surface area contributed by atoms with Crippen molar-refractivity contribution in [2.45, 2.75) is 275 Å². The lowest BCUT2D eigenvalue weighted by molar-refractivity contribution is -0.122. The summed E-state index contributed by atoms with van der Waals surface area (Å²) in [5.74, 6) is 1.21. The van der Waals surface area contributed by atoms with Crippen LogP contribution in [0.2, 0.25) is 0 Å². The molecule has 8 saturated heterocycles. The smallest absolute Gasteiger partial charge is 0.219 e. The van der Waals surface area contributed by atoms with Crippen LogP contribution >= 0.6 is 7.14 Å². The number of carbonyl (C=O) groups is 2. The maximum absolute atomic E-state index is 11.7. The molecule has 0 unspecified atom stereocenters. The number of amides is 1. The van der Waals surface area contributed by atoms with Gasteiger partial charge in [-0.05, 0) is 269 Å². The summed E-state index contributed by atoms with van der Waals surface area (Å²) in [6.07, 6.45) is 17.8. The Morgan fingerprint density at radius 3 is 1.14 bits per heavy atom. The Hall–Kier alpha value is -1.19. The molecule has 0 bridgehead atoms. The molecule has 8 aliphatic rings. The Labute approximate surface area is 610 Å². The van der Waals surface area contributed by atoms with Crippen molar-refractivity contribution in [3.05, 3.63) is 0 Å². The van der Waals surface area contributed by atoms with E-state index in [4.69, 9.17) is 0 Å². The number of nitrogens with zero attached hydrogens (tertiary/aromatic N) is 13. The van der Waals surface area contributed by atoms with Crippen molar-refractivity contribution >= 4 is 18.8 Å². The second-order valence-corrected chi connectivity index (χ2v) is 36.8. The van der Waals surface area contributed by atoms with Crippen molar-refractivity contribution < 1.29 is 14.2 Å². The molecule has 8 rings (SSSR count). The first-order chi connectivity index (χ1) is 46.2. The second-order valence-electron chi connectivity index (χ2n) is 33.3. The number of piperidine rings is 3. The number of unbranched alkanes of at least 4 members (excludes halogenated alkanes) is 1. The first-order valence-corrected chi connectivity index (χ1v) is 43.4. The fraction of sp³-hybridized carbons (Fsp3) is 0.975. The molecule has 18 nitrogen and oxygen atoms in total. The van der Waals surface area contributed by atoms with Gasteiger partial charge < -0.3 is 54.4 Å². The molecule has 0 aliphatic carbocycles. The molecule has 1 amide bonds. The molecule has 0 radical (unpaired) electrons. The van der Waals surface area contributed by atoms with Gasteiger partial charge >= 0.3 is 0 Å². The minimum Gasteiger partial charge on any atom is -0.353 e. The van der Waals surface area contributed by atoms with E-state index in [0.29, 0.717) is 48.8 Å². The molecule has 8 aliphatic heterocycles. The fourth-order valence-corrected chi connectivity index (χ4v) is 15.4. The second kappa shape index (κ2) is 54.4. The zero-order chi connectivity index (χ0) is 73.9. The Bertz CT molecular complexity index is 1910. The van der Waals surface area contributed by atoms with Gasteiger partial charge in [-0.3, -0.25) is 34.1 Å². The van der Waals surface area contributed by atoms with Gasteiger partial charge in [-0.15, -0.1) is 0 Å². The Balaban J connectivity index is 0.000000563. The molecule has 0 atom stereocenters. The third-order valence-electron chi connectivity index (χ3n) is 21.5. The summed E-state index contributed by atoms with van der Waals surface area (Å²) in [7, 11) is 8.62. The van der Waals surface area contributed by atoms with Crippen LogP contribution in [0.25, 0.3) is 0 Å². The molecular formula is C79H170N15O3P. The van der Waals surface area contributed by atoms with Crippen molar-refractivity contribution in [3.8, 4) is 0 Å². The molecule has 8 fully saturated rings. The average Bonchev–Trinajstić information content (AvgIpc) is 1.11. The van der Waals surface area contributed by atoms with Crippen LogP contribution in [0.1, 0.15) is 215 Å². The number of Topliss-reactive ketones (excluding diaryl/α,β-unsaturated/α-hetero) is 1. The van der Waals surface area contributed by atoms with E-state index in [9.17, 15) is 14.2 Å². The van der Waals surface area contributed by atoms with E-state index >= 15 is 0 Å². The van der Waals surface area contributed by atoms with Crippen LogP contribution in [-0.4, -0.2) is 361 Å². The Morgan fingerprint density at radius 1 is 0.449 bits per heavy atom. The number of hydrogen-bond donors (Lipinski definition) is 2. The zero-order valence-corrected chi connectivity index (χ0v) is 70.7. The molecule has 19 heteroatoms. The Morgan fingerprint density at radius 2 is 0.796 bits per heavy atom. The van der Waals surface area contributed by atoms with Gasteiger partial charge in [0.2, 0.25) is 5.91 Å². The number of nitrogens with one attached hydrogen (secondary N) is 2. The first kappa shape index (κ1) is 94.8. The normalized spacial score (nSPS) is 21.7. The number of likely N-dealkylation sites (tertiary alicyclic amines) is 4. The Kier molecular flexibility index (Phi) is 52.6. The van der Waals surface area contributed by atoms with Crippen LogP contribution in [0.3, 0.4) is 0 Å². The quantitative estimate of drug-likeness (QED) is 0.113. The van der Waals surface area contributed by atoms with E-state index in [-0.39, 0.29) is 5.91 Å². The predicted octanol–water partition coefficient (Wildman–Crippen LogP) is 11.1. The number of ketones is 1. The lowest BCUT2D eigenvalue weighted by Crippen LogP contribution is -2.48. The molecule has 0 aromatic carbocycles. The van der Waals surface area contributed by atoms with Gasteiger partial charge in [-0.2, -0.15) is 0 Å². The highest BCUT2D eigenvalue weighted by Gasteiger charge is 2.27. The topological polar surface area (TPSA) is 117 Å². The number of likely N-dealkylation sites (N-methyl/N-ethyl adjacent to an activating group) is 2. The standard InChI is InChI=1S/C13H26N2O.C11H22N2O.C11H24N2.C10H23N2OP.C10H22N2.C9H19N.C8H18N2.C7H16N2/c1-11(2)15-7-5-12(6-8-15)9-13(16)10-14(3)4;1-4-11(14)12-10-5-7-13(8-6-10)9(2)3;1-4-5-6-12-7-9-13(10-8-12)11(2)3;1-10(2)12-7-5-11(6-8-12)9-14(3,4)13;1-9(2)12-7-5-10(6-8-12)11(3)4;1-9(2)10-7-5-3-4-6-8-10;1-8(2)10-6-4-9(3)5-7-10;1-7(2)9-5-3-8-4-6-9/h11-12H,5-10H2,1-4H3;9-10H,4-8H2,1-3H3,(H,12,14);11H,4-10H2,1-3H3;10H,5-9H2,1-4H3;9-10H,5-8H2,1-4H3;9H,3-8H2,1-2H3;8H,4-7H2,1-3H3;7-8H,3-6H2,1-2H3. The van der Waals surface area contributed by atoms with Crippen molar-refractivity contribution in [2.75, 3.05) is 225 Å². The van der Waals surface area contributed by atoms with Crippen LogP contribution in [0.4, 0.5) is 0 Å². The molecule has 0 aromatic heterocycles. The first-order valence-electron chi connectivity index (χ1n) is 40.6. The number of hydrogen-bond acceptors (Lipinski definition) is 17. The number of piperazine rings is 4. The molecule has 0 spiro atoms. The van der Waals surface area contributed by atoms with E-state index in [0.717, 1.165) is 127 Å². The molecule has 584 valence electrons. The third kappa shape index (κ3) is 45.9. The van der Waals surface area contributed by atoms with Gasteiger partial charge in [0.25, 0.3) is 0 Å². The predicted molar refractivity (Wildman–Crippen MR) is 429 cm³/mol. The van der Waals surface area contributed by atoms with Crippen molar-refractivity contribution in [1.82, 2.24) is 74.3 Å². The van der Waals surface area contributed by atoms with E-state index < -0.39 is 7.14 Å². The van der Waals surface area contributed by atoms with Crippen molar-refractivity contribution in [3.63, 3.8) is 0 Å². The van der Waals surface area contributed by atoms with Gasteiger partial charge in [0, 0.05) is 191 Å². The molecule has 98 heavy (non-hydrogen) atoms. The summed E-state index contributed by atoms with van der Waals surface area (Å²) in [6.45, 7) is 75.0. The van der Waals surface area contributed by atoms with Crippen LogP contribution in [0, 0.1) is 5.92 Å². The lowest BCUT2D eigenvalue weighted by Gasteiger charge is -2.37. The summed E-state index contributed by atoms with van der Waals surface area (Å²) >= 11 is 0. The van der Waals surface area contributed by atoms with Crippen LogP contribution < -0.4 is 10.6 Å². The molecule has 2 N–H and O–H groups in total. The van der Waals surface area contributed by atoms with E-state index in [2.05, 4.69) is 208 Å². The maximum Gasteiger partial charge on any atom is 0.219 e. The van der Waals surface area contributed by atoms with E-state index in [1.165, 1.54) is 162 Å². The summed E-state index contributed by atoms with van der Waals surface area (Å²) in [5, 5.41) is 6.39.